The molecule has 7 heteroatoms. The van der Waals surface area contributed by atoms with E-state index in [0.29, 0.717) is 30.7 Å². The predicted molar refractivity (Wildman–Crippen MR) is 88.0 cm³/mol. The molecule has 1 aliphatic rings. The smallest absolute Gasteiger partial charge is 0.246 e. The summed E-state index contributed by atoms with van der Waals surface area (Å²) in [7, 11) is 6.03. The third-order valence-electron chi connectivity index (χ3n) is 4.47. The van der Waals surface area contributed by atoms with Gasteiger partial charge in [-0.2, -0.15) is 4.98 Å². The third-order valence-corrected chi connectivity index (χ3v) is 4.47. The van der Waals surface area contributed by atoms with Gasteiger partial charge in [-0.15, -0.1) is 0 Å². The number of hydrogen-bond donors (Lipinski definition) is 0. The fourth-order valence-corrected chi connectivity index (χ4v) is 2.77. The third kappa shape index (κ3) is 5.00. The van der Waals surface area contributed by atoms with Crippen LogP contribution in [0.3, 0.4) is 0 Å². The summed E-state index contributed by atoms with van der Waals surface area (Å²) in [4.78, 5) is 22.9. The van der Waals surface area contributed by atoms with E-state index in [1.54, 1.807) is 11.9 Å². The zero-order valence-electron chi connectivity index (χ0n) is 14.9. The first-order chi connectivity index (χ1) is 10.9. The summed E-state index contributed by atoms with van der Waals surface area (Å²) in [6, 6.07) is 0.558. The van der Waals surface area contributed by atoms with Gasteiger partial charge in [0.25, 0.3) is 0 Å². The second-order valence-electron chi connectivity index (χ2n) is 6.89. The van der Waals surface area contributed by atoms with E-state index in [4.69, 9.17) is 4.52 Å². The first kappa shape index (κ1) is 17.9. The van der Waals surface area contributed by atoms with Gasteiger partial charge in [0.2, 0.25) is 11.8 Å². The Morgan fingerprint density at radius 3 is 2.74 bits per heavy atom. The maximum Gasteiger partial charge on any atom is 0.246 e. The minimum atomic E-state index is 0.104. The van der Waals surface area contributed by atoms with Gasteiger partial charge < -0.3 is 19.2 Å². The molecule has 1 saturated heterocycles. The van der Waals surface area contributed by atoms with Crippen molar-refractivity contribution in [2.24, 2.45) is 0 Å². The molecule has 1 aromatic heterocycles. The molecule has 0 saturated carbocycles. The normalized spacial score (nSPS) is 19.0. The van der Waals surface area contributed by atoms with Gasteiger partial charge in [-0.1, -0.05) is 19.0 Å². The number of likely N-dealkylation sites (tertiary alicyclic amines) is 1. The average molecular weight is 323 g/mol. The fourth-order valence-electron chi connectivity index (χ4n) is 2.77. The van der Waals surface area contributed by atoms with Crippen LogP contribution in [0.2, 0.25) is 0 Å². The molecule has 0 aromatic carbocycles. The quantitative estimate of drug-likeness (QED) is 0.751. The maximum absolute atomic E-state index is 12.3. The summed E-state index contributed by atoms with van der Waals surface area (Å²) < 4.78 is 5.19. The van der Waals surface area contributed by atoms with Gasteiger partial charge >= 0.3 is 0 Å². The van der Waals surface area contributed by atoms with Gasteiger partial charge in [0.05, 0.1) is 6.54 Å². The van der Waals surface area contributed by atoms with Gasteiger partial charge in [0.1, 0.15) is 0 Å². The van der Waals surface area contributed by atoms with Crippen molar-refractivity contribution in [3.8, 4) is 0 Å². The Hall–Kier alpha value is -1.47. The van der Waals surface area contributed by atoms with Crippen LogP contribution in [0.5, 0.6) is 0 Å². The summed E-state index contributed by atoms with van der Waals surface area (Å²) in [6.45, 7) is 7.40. The zero-order valence-corrected chi connectivity index (χ0v) is 14.9. The van der Waals surface area contributed by atoms with Crippen LogP contribution in [0.25, 0.3) is 0 Å². The molecule has 130 valence electrons. The topological polar surface area (TPSA) is 65.7 Å². The standard InChI is InChI=1S/C16H29N5O2/c1-12(2)16-17-14(23-18-16)11-21(5)15(22)7-9-20(4)13-6-8-19(3)10-13/h12-13H,6-11H2,1-5H3/t13-/m0/s1. The van der Waals surface area contributed by atoms with Crippen molar-refractivity contribution in [3.63, 3.8) is 0 Å². The Morgan fingerprint density at radius 2 is 2.17 bits per heavy atom. The molecule has 1 fully saturated rings. The van der Waals surface area contributed by atoms with Crippen molar-refractivity contribution < 1.29 is 9.32 Å². The molecule has 0 N–H and O–H groups in total. The minimum Gasteiger partial charge on any atom is -0.337 e. The van der Waals surface area contributed by atoms with E-state index in [-0.39, 0.29) is 11.8 Å². The monoisotopic (exact) mass is 323 g/mol. The Kier molecular flexibility index (Phi) is 6.12. The van der Waals surface area contributed by atoms with Crippen LogP contribution in [0.4, 0.5) is 0 Å². The average Bonchev–Trinajstić information content (AvgIpc) is 3.13. The number of carbonyl (C=O) groups is 1. The summed E-state index contributed by atoms with van der Waals surface area (Å²) >= 11 is 0. The van der Waals surface area contributed by atoms with E-state index >= 15 is 0 Å². The number of hydrogen-bond acceptors (Lipinski definition) is 6. The molecule has 0 aliphatic carbocycles. The molecule has 0 unspecified atom stereocenters. The van der Waals surface area contributed by atoms with E-state index in [1.165, 1.54) is 6.42 Å². The van der Waals surface area contributed by atoms with Crippen LogP contribution in [-0.4, -0.2) is 77.6 Å². The van der Waals surface area contributed by atoms with Crippen LogP contribution in [0.15, 0.2) is 4.52 Å². The zero-order chi connectivity index (χ0) is 17.0. The lowest BCUT2D eigenvalue weighted by Crippen LogP contribution is -2.37. The fraction of sp³-hybridized carbons (Fsp3) is 0.812. The van der Waals surface area contributed by atoms with E-state index in [9.17, 15) is 4.79 Å². The largest absolute Gasteiger partial charge is 0.337 e. The SMILES string of the molecule is CC(C)c1noc(CN(C)C(=O)CCN(C)[C@H]2CCN(C)C2)n1. The van der Waals surface area contributed by atoms with Crippen LogP contribution in [-0.2, 0) is 11.3 Å². The molecule has 1 aromatic rings. The summed E-state index contributed by atoms with van der Waals surface area (Å²) in [5, 5.41) is 3.92. The number of nitrogens with zero attached hydrogens (tertiary/aromatic N) is 5. The highest BCUT2D eigenvalue weighted by Crippen LogP contribution is 2.13. The van der Waals surface area contributed by atoms with Crippen LogP contribution in [0, 0.1) is 0 Å². The first-order valence-electron chi connectivity index (χ1n) is 8.32. The first-order valence-corrected chi connectivity index (χ1v) is 8.32. The lowest BCUT2D eigenvalue weighted by molar-refractivity contribution is -0.131. The van der Waals surface area contributed by atoms with Gasteiger partial charge in [-0.25, -0.2) is 0 Å². The van der Waals surface area contributed by atoms with Crippen molar-refractivity contribution in [2.45, 2.75) is 45.2 Å². The molecule has 1 amide bonds. The van der Waals surface area contributed by atoms with Crippen LogP contribution in [0.1, 0.15) is 44.3 Å². The Morgan fingerprint density at radius 1 is 1.43 bits per heavy atom. The number of aromatic nitrogens is 2. The molecule has 23 heavy (non-hydrogen) atoms. The van der Waals surface area contributed by atoms with E-state index in [1.807, 2.05) is 13.8 Å². The second-order valence-corrected chi connectivity index (χ2v) is 6.89. The van der Waals surface area contributed by atoms with Crippen LogP contribution >= 0.6 is 0 Å². The molecule has 2 heterocycles. The lowest BCUT2D eigenvalue weighted by Gasteiger charge is -2.24. The molecule has 7 nitrogen and oxygen atoms in total. The van der Waals surface area contributed by atoms with Gasteiger partial charge in [0, 0.05) is 38.5 Å². The molecular formula is C16H29N5O2. The Balaban J connectivity index is 1.75. The molecule has 0 spiro atoms. The van der Waals surface area contributed by atoms with Gasteiger partial charge in [0.15, 0.2) is 5.82 Å². The van der Waals surface area contributed by atoms with Crippen molar-refractivity contribution in [1.82, 2.24) is 24.8 Å². The highest BCUT2D eigenvalue weighted by Gasteiger charge is 2.24. The molecular weight excluding hydrogens is 294 g/mol. The van der Waals surface area contributed by atoms with Gasteiger partial charge in [-0.3, -0.25) is 4.79 Å². The molecule has 0 radical (unpaired) electrons. The van der Waals surface area contributed by atoms with Gasteiger partial charge in [-0.05, 0) is 27.1 Å². The highest BCUT2D eigenvalue weighted by molar-refractivity contribution is 5.75. The van der Waals surface area contributed by atoms with E-state index < -0.39 is 0 Å². The minimum absolute atomic E-state index is 0.104. The van der Waals surface area contributed by atoms with Crippen molar-refractivity contribution >= 4 is 5.91 Å². The Bertz CT molecular complexity index is 516. The van der Waals surface area contributed by atoms with Crippen molar-refractivity contribution in [2.75, 3.05) is 40.8 Å². The number of likely N-dealkylation sites (N-methyl/N-ethyl adjacent to an activating group) is 2. The van der Waals surface area contributed by atoms with Crippen molar-refractivity contribution in [1.29, 1.82) is 0 Å². The molecule has 0 bridgehead atoms. The molecule has 1 atom stereocenters. The summed E-state index contributed by atoms with van der Waals surface area (Å²) in [6.07, 6.45) is 1.69. The highest BCUT2D eigenvalue weighted by atomic mass is 16.5. The number of rotatable bonds is 7. The predicted octanol–water partition coefficient (Wildman–Crippen LogP) is 1.18. The second kappa shape index (κ2) is 7.88. The maximum atomic E-state index is 12.3. The number of amides is 1. The van der Waals surface area contributed by atoms with E-state index in [2.05, 4.69) is 34.0 Å². The van der Waals surface area contributed by atoms with E-state index in [0.717, 1.165) is 19.6 Å². The lowest BCUT2D eigenvalue weighted by atomic mass is 10.2. The molecule has 2 rings (SSSR count). The number of carbonyl (C=O) groups excluding carboxylic acids is 1. The molecule has 1 aliphatic heterocycles. The van der Waals surface area contributed by atoms with Crippen molar-refractivity contribution in [3.05, 3.63) is 11.7 Å². The summed E-state index contributed by atoms with van der Waals surface area (Å²) in [5.74, 6) is 1.51. The Labute approximate surface area is 138 Å². The van der Waals surface area contributed by atoms with Crippen LogP contribution < -0.4 is 0 Å². The summed E-state index contributed by atoms with van der Waals surface area (Å²) in [5.41, 5.74) is 0.